The van der Waals surface area contributed by atoms with E-state index < -0.39 is 5.82 Å². The molecule has 0 saturated carbocycles. The Labute approximate surface area is 163 Å². The normalized spacial score (nSPS) is 20.2. The first-order valence-corrected chi connectivity index (χ1v) is 9.74. The summed E-state index contributed by atoms with van der Waals surface area (Å²) in [6, 6.07) is 11.5. The van der Waals surface area contributed by atoms with Crippen LogP contribution in [0.3, 0.4) is 0 Å². The molecular weight excluding hydrogens is 367 g/mol. The van der Waals surface area contributed by atoms with Crippen LogP contribution in [0.2, 0.25) is 5.02 Å². The summed E-state index contributed by atoms with van der Waals surface area (Å²) >= 11 is 5.98. The Balaban J connectivity index is 1.39. The molecule has 0 bridgehead atoms. The summed E-state index contributed by atoms with van der Waals surface area (Å²) < 4.78 is 18.8. The summed E-state index contributed by atoms with van der Waals surface area (Å²) in [5.41, 5.74) is 0.648. The third-order valence-electron chi connectivity index (χ3n) is 5.33. The number of rotatable bonds is 4. The highest BCUT2D eigenvalue weighted by Crippen LogP contribution is 2.30. The summed E-state index contributed by atoms with van der Waals surface area (Å²) in [5.74, 6) is 0.579. The summed E-state index contributed by atoms with van der Waals surface area (Å²) in [6.07, 6.45) is 3.59. The lowest BCUT2D eigenvalue weighted by Gasteiger charge is -2.23. The average Bonchev–Trinajstić information content (AvgIpc) is 3.35. The zero-order chi connectivity index (χ0) is 18.8. The number of hydrogen-bond donors (Lipinski definition) is 0. The van der Waals surface area contributed by atoms with Crippen LogP contribution >= 0.6 is 11.6 Å². The van der Waals surface area contributed by atoms with E-state index in [0.29, 0.717) is 23.1 Å². The maximum Gasteiger partial charge on any atom is 0.253 e. The zero-order valence-electron chi connectivity index (χ0n) is 15.0. The lowest BCUT2D eigenvalue weighted by atomic mass is 10.2. The Morgan fingerprint density at radius 2 is 1.81 bits per heavy atom. The Bertz CT molecular complexity index is 821. The molecule has 1 atom stereocenters. The molecule has 0 unspecified atom stereocenters. The van der Waals surface area contributed by atoms with E-state index in [1.807, 2.05) is 4.90 Å². The van der Waals surface area contributed by atoms with Crippen molar-refractivity contribution in [2.45, 2.75) is 25.3 Å². The first-order valence-electron chi connectivity index (χ1n) is 9.36. The van der Waals surface area contributed by atoms with Crippen molar-refractivity contribution >= 4 is 17.5 Å². The van der Waals surface area contributed by atoms with Gasteiger partial charge in [0.1, 0.15) is 17.3 Å². The number of carbonyl (C=O) groups is 1. The number of amides is 1. The summed E-state index contributed by atoms with van der Waals surface area (Å²) in [4.78, 5) is 17.2. The van der Waals surface area contributed by atoms with E-state index in [1.54, 1.807) is 24.3 Å². The first kappa shape index (κ1) is 18.3. The predicted molar refractivity (Wildman–Crippen MR) is 103 cm³/mol. The second kappa shape index (κ2) is 7.87. The predicted octanol–water partition coefficient (Wildman–Crippen LogP) is 4.58. The lowest BCUT2D eigenvalue weighted by molar-refractivity contribution is 0.0780. The van der Waals surface area contributed by atoms with Crippen LogP contribution in [-0.2, 0) is 0 Å². The molecule has 2 aromatic rings. The first-order chi connectivity index (χ1) is 13.1. The topological polar surface area (TPSA) is 32.8 Å². The fraction of sp³-hybridized carbons (Fsp3) is 0.381. The van der Waals surface area contributed by atoms with Crippen LogP contribution in [0.25, 0.3) is 0 Å². The Hall–Kier alpha value is -2.11. The molecule has 27 heavy (non-hydrogen) atoms. The average molecular weight is 389 g/mol. The number of nitrogens with zero attached hydrogens (tertiary/aromatic N) is 2. The highest BCUT2D eigenvalue weighted by Gasteiger charge is 2.31. The number of likely N-dealkylation sites (tertiary alicyclic amines) is 2. The highest BCUT2D eigenvalue weighted by molar-refractivity contribution is 6.32. The summed E-state index contributed by atoms with van der Waals surface area (Å²) in [5, 5.41) is 0.208. The van der Waals surface area contributed by atoms with Crippen LogP contribution in [-0.4, -0.2) is 47.9 Å². The Morgan fingerprint density at radius 1 is 1.07 bits per heavy atom. The van der Waals surface area contributed by atoms with Gasteiger partial charge < -0.3 is 9.64 Å². The smallest absolute Gasteiger partial charge is 0.253 e. The molecule has 4 nitrogen and oxygen atoms in total. The van der Waals surface area contributed by atoms with E-state index >= 15 is 0 Å². The molecule has 0 radical (unpaired) electrons. The Morgan fingerprint density at radius 3 is 2.52 bits per heavy atom. The maximum absolute atomic E-state index is 13.1. The number of benzene rings is 2. The summed E-state index contributed by atoms with van der Waals surface area (Å²) in [6.45, 7) is 3.93. The van der Waals surface area contributed by atoms with Crippen LogP contribution in [0.1, 0.15) is 29.6 Å². The minimum Gasteiger partial charge on any atom is -0.456 e. The van der Waals surface area contributed by atoms with Gasteiger partial charge in [0.2, 0.25) is 0 Å². The third-order valence-corrected chi connectivity index (χ3v) is 5.63. The van der Waals surface area contributed by atoms with E-state index in [4.69, 9.17) is 16.3 Å². The van der Waals surface area contributed by atoms with Crippen LogP contribution < -0.4 is 4.74 Å². The van der Waals surface area contributed by atoms with Gasteiger partial charge in [0.05, 0.1) is 5.02 Å². The largest absolute Gasteiger partial charge is 0.456 e. The van der Waals surface area contributed by atoms with E-state index in [1.165, 1.54) is 31.0 Å². The second-order valence-electron chi connectivity index (χ2n) is 7.14. The molecule has 4 rings (SSSR count). The van der Waals surface area contributed by atoms with Crippen molar-refractivity contribution in [1.82, 2.24) is 9.80 Å². The van der Waals surface area contributed by atoms with Gasteiger partial charge >= 0.3 is 0 Å². The van der Waals surface area contributed by atoms with Crippen molar-refractivity contribution in [2.24, 2.45) is 0 Å². The fourth-order valence-electron chi connectivity index (χ4n) is 3.86. The van der Waals surface area contributed by atoms with Crippen molar-refractivity contribution in [2.75, 3.05) is 26.2 Å². The van der Waals surface area contributed by atoms with Crippen molar-refractivity contribution in [3.05, 3.63) is 58.9 Å². The molecule has 6 heteroatoms. The molecule has 0 aromatic heterocycles. The highest BCUT2D eigenvalue weighted by atomic mass is 35.5. The van der Waals surface area contributed by atoms with Crippen LogP contribution in [0.4, 0.5) is 4.39 Å². The van der Waals surface area contributed by atoms with Crippen molar-refractivity contribution in [1.29, 1.82) is 0 Å². The molecule has 2 fully saturated rings. The molecule has 2 aliphatic rings. The van der Waals surface area contributed by atoms with Crippen LogP contribution in [0.5, 0.6) is 11.5 Å². The molecule has 0 N–H and O–H groups in total. The summed E-state index contributed by atoms with van der Waals surface area (Å²) in [7, 11) is 0. The molecule has 0 spiro atoms. The number of hydrogen-bond acceptors (Lipinski definition) is 3. The van der Waals surface area contributed by atoms with Gasteiger partial charge in [-0.2, -0.15) is 0 Å². The molecule has 0 aliphatic carbocycles. The van der Waals surface area contributed by atoms with Gasteiger partial charge in [0.25, 0.3) is 5.91 Å². The zero-order valence-corrected chi connectivity index (χ0v) is 15.8. The molecule has 2 heterocycles. The maximum atomic E-state index is 13.1. The molecule has 2 aliphatic heterocycles. The van der Waals surface area contributed by atoms with Crippen LogP contribution in [0.15, 0.2) is 42.5 Å². The van der Waals surface area contributed by atoms with Gasteiger partial charge in [-0.3, -0.25) is 9.69 Å². The quantitative estimate of drug-likeness (QED) is 0.768. The van der Waals surface area contributed by atoms with Crippen molar-refractivity contribution in [3.63, 3.8) is 0 Å². The van der Waals surface area contributed by atoms with E-state index in [2.05, 4.69) is 4.90 Å². The van der Waals surface area contributed by atoms with Gasteiger partial charge in [0, 0.05) is 24.7 Å². The van der Waals surface area contributed by atoms with Gasteiger partial charge in [0.15, 0.2) is 0 Å². The number of carbonyl (C=O) groups excluding carboxylic acids is 1. The van der Waals surface area contributed by atoms with Gasteiger partial charge in [-0.25, -0.2) is 4.39 Å². The van der Waals surface area contributed by atoms with Crippen LogP contribution in [0, 0.1) is 5.82 Å². The fourth-order valence-corrected chi connectivity index (χ4v) is 4.07. The molecule has 2 saturated heterocycles. The monoisotopic (exact) mass is 388 g/mol. The number of halogens is 2. The SMILES string of the molecule is O=C(c1ccc(Oc2ccc(F)cc2Cl)cc1)N1CC[C@H](N2CCCC2)C1. The standard InChI is InChI=1S/C21H22ClFN2O2/c22-19-13-16(23)5-8-20(19)27-18-6-3-15(4-7-18)21(26)25-12-9-17(14-25)24-10-1-2-11-24/h3-8,13,17H,1-2,9-12,14H2/t17-/m0/s1. The van der Waals surface area contributed by atoms with E-state index in [9.17, 15) is 9.18 Å². The van der Waals surface area contributed by atoms with E-state index in [0.717, 1.165) is 32.6 Å². The minimum absolute atomic E-state index is 0.0584. The third kappa shape index (κ3) is 4.09. The van der Waals surface area contributed by atoms with E-state index in [-0.39, 0.29) is 10.9 Å². The second-order valence-corrected chi connectivity index (χ2v) is 7.55. The molecular formula is C21H22ClFN2O2. The lowest BCUT2D eigenvalue weighted by Crippen LogP contribution is -2.37. The van der Waals surface area contributed by atoms with Gasteiger partial charge in [-0.15, -0.1) is 0 Å². The number of ether oxygens (including phenoxy) is 1. The Kier molecular flexibility index (Phi) is 5.32. The van der Waals surface area contributed by atoms with Gasteiger partial charge in [-0.05, 0) is 74.8 Å². The van der Waals surface area contributed by atoms with Crippen molar-refractivity contribution in [3.8, 4) is 11.5 Å². The molecule has 142 valence electrons. The van der Waals surface area contributed by atoms with Crippen molar-refractivity contribution < 1.29 is 13.9 Å². The molecule has 2 aromatic carbocycles. The molecule has 1 amide bonds. The van der Waals surface area contributed by atoms with Gasteiger partial charge in [-0.1, -0.05) is 11.6 Å². The minimum atomic E-state index is -0.411.